The van der Waals surface area contributed by atoms with Gasteiger partial charge in [0.1, 0.15) is 5.82 Å². The van der Waals surface area contributed by atoms with Crippen LogP contribution < -0.4 is 5.32 Å². The quantitative estimate of drug-likeness (QED) is 0.592. The van der Waals surface area contributed by atoms with Crippen molar-refractivity contribution in [1.29, 1.82) is 0 Å². The molecule has 0 spiro atoms. The van der Waals surface area contributed by atoms with Gasteiger partial charge in [-0.15, -0.1) is 0 Å². The largest absolute Gasteiger partial charge is 0.310 e. The SMILES string of the molecule is CCCCCCC(NCCC)c1ccc(Cl)cc1F. The molecule has 1 nitrogen and oxygen atoms in total. The lowest BCUT2D eigenvalue weighted by Crippen LogP contribution is -2.23. The molecule has 0 saturated carbocycles. The molecule has 0 aliphatic heterocycles. The maximum Gasteiger partial charge on any atom is 0.129 e. The predicted molar refractivity (Wildman–Crippen MR) is 81.2 cm³/mol. The molecule has 108 valence electrons. The Balaban J connectivity index is 2.66. The van der Waals surface area contributed by atoms with Crippen molar-refractivity contribution in [3.8, 4) is 0 Å². The minimum absolute atomic E-state index is 0.106. The molecule has 0 heterocycles. The molecule has 19 heavy (non-hydrogen) atoms. The summed E-state index contributed by atoms with van der Waals surface area (Å²) in [5, 5.41) is 3.90. The minimum Gasteiger partial charge on any atom is -0.310 e. The Hall–Kier alpha value is -0.600. The lowest BCUT2D eigenvalue weighted by Gasteiger charge is -2.19. The van der Waals surface area contributed by atoms with Crippen molar-refractivity contribution in [3.05, 3.63) is 34.6 Å². The van der Waals surface area contributed by atoms with E-state index in [1.165, 1.54) is 25.3 Å². The molecular formula is C16H25ClFN. The number of nitrogens with one attached hydrogen (secondary N) is 1. The molecule has 0 amide bonds. The predicted octanol–water partition coefficient (Wildman–Crippen LogP) is 5.49. The van der Waals surface area contributed by atoms with Crippen LogP contribution in [0.15, 0.2) is 18.2 Å². The van der Waals surface area contributed by atoms with E-state index in [9.17, 15) is 4.39 Å². The number of benzene rings is 1. The van der Waals surface area contributed by atoms with E-state index in [1.54, 1.807) is 6.07 Å². The van der Waals surface area contributed by atoms with Crippen LogP contribution in [0, 0.1) is 5.82 Å². The number of hydrogen-bond donors (Lipinski definition) is 1. The van der Waals surface area contributed by atoms with Crippen molar-refractivity contribution >= 4 is 11.6 Å². The van der Waals surface area contributed by atoms with Crippen molar-refractivity contribution in [3.63, 3.8) is 0 Å². The lowest BCUT2D eigenvalue weighted by atomic mass is 9.99. The third-order valence-corrected chi connectivity index (χ3v) is 3.56. The molecule has 1 N–H and O–H groups in total. The van der Waals surface area contributed by atoms with Crippen molar-refractivity contribution in [1.82, 2.24) is 5.32 Å². The van der Waals surface area contributed by atoms with E-state index in [1.807, 2.05) is 6.07 Å². The average molecular weight is 286 g/mol. The normalized spacial score (nSPS) is 12.6. The highest BCUT2D eigenvalue weighted by molar-refractivity contribution is 6.30. The second-order valence-corrected chi connectivity index (χ2v) is 5.46. The zero-order valence-electron chi connectivity index (χ0n) is 12.0. The summed E-state index contributed by atoms with van der Waals surface area (Å²) in [6.07, 6.45) is 6.87. The number of halogens is 2. The van der Waals surface area contributed by atoms with Gasteiger partial charge in [0, 0.05) is 16.6 Å². The fourth-order valence-corrected chi connectivity index (χ4v) is 2.40. The van der Waals surface area contributed by atoms with Gasteiger partial charge in [0.05, 0.1) is 0 Å². The highest BCUT2D eigenvalue weighted by atomic mass is 35.5. The summed E-state index contributed by atoms with van der Waals surface area (Å²) < 4.78 is 14.0. The van der Waals surface area contributed by atoms with Gasteiger partial charge in [0.25, 0.3) is 0 Å². The first-order valence-corrected chi connectivity index (χ1v) is 7.75. The number of hydrogen-bond acceptors (Lipinski definition) is 1. The highest BCUT2D eigenvalue weighted by Crippen LogP contribution is 2.25. The zero-order chi connectivity index (χ0) is 14.1. The maximum absolute atomic E-state index is 14.0. The van der Waals surface area contributed by atoms with E-state index < -0.39 is 0 Å². The second kappa shape index (κ2) is 9.33. The van der Waals surface area contributed by atoms with Crippen LogP contribution in [0.3, 0.4) is 0 Å². The van der Waals surface area contributed by atoms with Crippen molar-refractivity contribution in [2.75, 3.05) is 6.54 Å². The standard InChI is InChI=1S/C16H25ClFN/c1-3-5-6-7-8-16(19-11-4-2)14-10-9-13(17)12-15(14)18/h9-10,12,16,19H,3-8,11H2,1-2H3. The molecule has 1 aromatic rings. The summed E-state index contributed by atoms with van der Waals surface area (Å²) in [5.41, 5.74) is 0.745. The molecule has 1 aromatic carbocycles. The van der Waals surface area contributed by atoms with Gasteiger partial charge in [-0.3, -0.25) is 0 Å². The van der Waals surface area contributed by atoms with E-state index in [0.29, 0.717) is 5.02 Å². The lowest BCUT2D eigenvalue weighted by molar-refractivity contribution is 0.451. The molecule has 0 radical (unpaired) electrons. The van der Waals surface area contributed by atoms with E-state index in [2.05, 4.69) is 19.2 Å². The van der Waals surface area contributed by atoms with Gasteiger partial charge in [-0.1, -0.05) is 57.2 Å². The van der Waals surface area contributed by atoms with Gasteiger partial charge < -0.3 is 5.32 Å². The Morgan fingerprint density at radius 1 is 1.16 bits per heavy atom. The Labute approximate surface area is 121 Å². The smallest absolute Gasteiger partial charge is 0.129 e. The Morgan fingerprint density at radius 2 is 1.95 bits per heavy atom. The van der Waals surface area contributed by atoms with Crippen LogP contribution in [0.4, 0.5) is 4.39 Å². The van der Waals surface area contributed by atoms with E-state index in [4.69, 9.17) is 11.6 Å². The molecular weight excluding hydrogens is 261 g/mol. The molecule has 1 unspecified atom stereocenters. The molecule has 0 bridgehead atoms. The number of rotatable bonds is 9. The molecule has 0 fully saturated rings. The summed E-state index contributed by atoms with van der Waals surface area (Å²) in [4.78, 5) is 0. The van der Waals surface area contributed by atoms with Crippen molar-refractivity contribution in [2.45, 2.75) is 58.4 Å². The van der Waals surface area contributed by atoms with Crippen LogP contribution in [-0.2, 0) is 0 Å². The molecule has 1 atom stereocenters. The molecule has 0 aliphatic rings. The fourth-order valence-electron chi connectivity index (χ4n) is 2.25. The molecule has 1 rings (SSSR count). The van der Waals surface area contributed by atoms with Crippen LogP contribution in [0.5, 0.6) is 0 Å². The molecule has 0 aliphatic carbocycles. The van der Waals surface area contributed by atoms with Crippen LogP contribution in [0.25, 0.3) is 0 Å². The summed E-state index contributed by atoms with van der Waals surface area (Å²) in [5.74, 6) is -0.198. The summed E-state index contributed by atoms with van der Waals surface area (Å²) in [6, 6.07) is 5.09. The summed E-state index contributed by atoms with van der Waals surface area (Å²) in [6.45, 7) is 5.24. The second-order valence-electron chi connectivity index (χ2n) is 5.02. The first kappa shape index (κ1) is 16.5. The maximum atomic E-state index is 14.0. The fraction of sp³-hybridized carbons (Fsp3) is 0.625. The van der Waals surface area contributed by atoms with Gasteiger partial charge in [0.15, 0.2) is 0 Å². The third-order valence-electron chi connectivity index (χ3n) is 3.33. The molecule has 3 heteroatoms. The van der Waals surface area contributed by atoms with Crippen LogP contribution in [0.2, 0.25) is 5.02 Å². The third kappa shape index (κ3) is 5.92. The van der Waals surface area contributed by atoms with Gasteiger partial charge in [-0.2, -0.15) is 0 Å². The first-order chi connectivity index (χ1) is 9.19. The first-order valence-electron chi connectivity index (χ1n) is 7.37. The summed E-state index contributed by atoms with van der Waals surface area (Å²) >= 11 is 5.81. The average Bonchev–Trinajstić information content (AvgIpc) is 2.39. The summed E-state index contributed by atoms with van der Waals surface area (Å²) in [7, 11) is 0. The van der Waals surface area contributed by atoms with Crippen LogP contribution in [0.1, 0.15) is 64.0 Å². The highest BCUT2D eigenvalue weighted by Gasteiger charge is 2.14. The van der Waals surface area contributed by atoms with E-state index in [-0.39, 0.29) is 11.9 Å². The Kier molecular flexibility index (Phi) is 8.08. The molecule has 0 saturated heterocycles. The van der Waals surface area contributed by atoms with E-state index in [0.717, 1.165) is 31.4 Å². The van der Waals surface area contributed by atoms with Gasteiger partial charge in [-0.05, 0) is 31.5 Å². The monoisotopic (exact) mass is 285 g/mol. The van der Waals surface area contributed by atoms with Crippen LogP contribution in [-0.4, -0.2) is 6.54 Å². The van der Waals surface area contributed by atoms with Gasteiger partial charge in [0.2, 0.25) is 0 Å². The minimum atomic E-state index is -0.198. The van der Waals surface area contributed by atoms with Gasteiger partial charge >= 0.3 is 0 Å². The van der Waals surface area contributed by atoms with Crippen molar-refractivity contribution < 1.29 is 4.39 Å². The van der Waals surface area contributed by atoms with Crippen molar-refractivity contribution in [2.24, 2.45) is 0 Å². The molecule has 0 aromatic heterocycles. The van der Waals surface area contributed by atoms with Gasteiger partial charge in [-0.25, -0.2) is 4.39 Å². The zero-order valence-corrected chi connectivity index (χ0v) is 12.8. The Bertz CT molecular complexity index is 368. The topological polar surface area (TPSA) is 12.0 Å². The van der Waals surface area contributed by atoms with E-state index >= 15 is 0 Å². The number of unbranched alkanes of at least 4 members (excludes halogenated alkanes) is 3. The Morgan fingerprint density at radius 3 is 2.58 bits per heavy atom. The van der Waals surface area contributed by atoms with Crippen LogP contribution >= 0.6 is 11.6 Å².